The van der Waals surface area contributed by atoms with Crippen molar-refractivity contribution in [2.45, 2.75) is 25.7 Å². The second kappa shape index (κ2) is 4.16. The molecule has 1 aliphatic carbocycles. The van der Waals surface area contributed by atoms with Gasteiger partial charge < -0.3 is 14.8 Å². The second-order valence-electron chi connectivity index (χ2n) is 3.56. The smallest absolute Gasteiger partial charge is 0.478 e. The van der Waals surface area contributed by atoms with E-state index in [9.17, 15) is 10.0 Å². The van der Waals surface area contributed by atoms with Crippen LogP contribution >= 0.6 is 0 Å². The van der Waals surface area contributed by atoms with Crippen LogP contribution < -0.4 is 10.2 Å². The summed E-state index contributed by atoms with van der Waals surface area (Å²) in [5.74, 6) is 0.619. The van der Waals surface area contributed by atoms with E-state index in [2.05, 4.69) is 9.97 Å². The first-order valence-electron chi connectivity index (χ1n) is 5.07. The van der Waals surface area contributed by atoms with Gasteiger partial charge >= 0.3 is 7.12 Å². The molecule has 1 aliphatic rings. The second-order valence-corrected chi connectivity index (χ2v) is 3.56. The maximum Gasteiger partial charge on any atom is 0.495 e. The summed E-state index contributed by atoms with van der Waals surface area (Å²) in [6.45, 7) is 2.27. The Morgan fingerprint density at radius 2 is 2.20 bits per heavy atom. The van der Waals surface area contributed by atoms with Crippen LogP contribution in [0.2, 0.25) is 0 Å². The average Bonchev–Trinajstić information content (AvgIpc) is 3.00. The van der Waals surface area contributed by atoms with Gasteiger partial charge in [0.1, 0.15) is 6.33 Å². The molecule has 1 aromatic rings. The molecule has 0 unspecified atom stereocenters. The van der Waals surface area contributed by atoms with Crippen LogP contribution in [0.25, 0.3) is 0 Å². The number of aromatic nitrogens is 2. The molecule has 0 saturated heterocycles. The van der Waals surface area contributed by atoms with Crippen LogP contribution in [0, 0.1) is 0 Å². The lowest BCUT2D eigenvalue weighted by atomic mass is 9.78. The van der Waals surface area contributed by atoms with Gasteiger partial charge in [-0.15, -0.1) is 0 Å². The van der Waals surface area contributed by atoms with Crippen molar-refractivity contribution in [2.24, 2.45) is 0 Å². The molecule has 2 rings (SSSR count). The highest BCUT2D eigenvalue weighted by molar-refractivity contribution is 6.60. The SMILES string of the molecule is CCOc1ncnc(C2CC2)c1B(O)O. The minimum absolute atomic E-state index is 0.282. The van der Waals surface area contributed by atoms with E-state index in [0.29, 0.717) is 23.7 Å². The fourth-order valence-electron chi connectivity index (χ4n) is 1.57. The number of hydrogen-bond donors (Lipinski definition) is 2. The highest BCUT2D eigenvalue weighted by atomic mass is 16.5. The van der Waals surface area contributed by atoms with Gasteiger partial charge in [0.05, 0.1) is 17.8 Å². The Morgan fingerprint density at radius 1 is 1.47 bits per heavy atom. The van der Waals surface area contributed by atoms with E-state index >= 15 is 0 Å². The van der Waals surface area contributed by atoms with E-state index in [4.69, 9.17) is 4.74 Å². The Morgan fingerprint density at radius 3 is 2.73 bits per heavy atom. The lowest BCUT2D eigenvalue weighted by molar-refractivity contribution is 0.325. The molecule has 2 N–H and O–H groups in total. The molecule has 5 nitrogen and oxygen atoms in total. The van der Waals surface area contributed by atoms with Gasteiger partial charge in [0, 0.05) is 5.92 Å². The number of nitrogens with zero attached hydrogens (tertiary/aromatic N) is 2. The third-order valence-corrected chi connectivity index (χ3v) is 2.38. The van der Waals surface area contributed by atoms with Gasteiger partial charge in [-0.05, 0) is 19.8 Å². The molecule has 0 aliphatic heterocycles. The van der Waals surface area contributed by atoms with Crippen molar-refractivity contribution in [3.63, 3.8) is 0 Å². The maximum atomic E-state index is 9.28. The molecular formula is C9H13BN2O3. The molecule has 0 atom stereocenters. The van der Waals surface area contributed by atoms with Crippen LogP contribution in [-0.4, -0.2) is 33.7 Å². The highest BCUT2D eigenvalue weighted by Gasteiger charge is 2.33. The normalized spacial score (nSPS) is 15.1. The van der Waals surface area contributed by atoms with Gasteiger partial charge in [0.25, 0.3) is 0 Å². The molecule has 0 spiro atoms. The zero-order chi connectivity index (χ0) is 10.8. The minimum atomic E-state index is -1.57. The van der Waals surface area contributed by atoms with Crippen LogP contribution in [0.3, 0.4) is 0 Å². The lowest BCUT2D eigenvalue weighted by Crippen LogP contribution is -2.36. The number of ether oxygens (including phenoxy) is 1. The van der Waals surface area contributed by atoms with Crippen molar-refractivity contribution < 1.29 is 14.8 Å². The molecule has 6 heteroatoms. The van der Waals surface area contributed by atoms with Gasteiger partial charge in [-0.1, -0.05) is 0 Å². The van der Waals surface area contributed by atoms with Gasteiger partial charge in [-0.25, -0.2) is 9.97 Å². The molecule has 80 valence electrons. The Balaban J connectivity index is 2.40. The summed E-state index contributed by atoms with van der Waals surface area (Å²) < 4.78 is 5.25. The van der Waals surface area contributed by atoms with E-state index < -0.39 is 7.12 Å². The largest absolute Gasteiger partial charge is 0.495 e. The van der Waals surface area contributed by atoms with Crippen molar-refractivity contribution in [2.75, 3.05) is 6.61 Å². The summed E-state index contributed by atoms with van der Waals surface area (Å²) in [5.41, 5.74) is 1.03. The molecule has 1 fully saturated rings. The molecule has 1 aromatic heterocycles. The minimum Gasteiger partial charge on any atom is -0.478 e. The maximum absolute atomic E-state index is 9.28. The van der Waals surface area contributed by atoms with Crippen LogP contribution in [0.5, 0.6) is 5.88 Å². The third-order valence-electron chi connectivity index (χ3n) is 2.38. The van der Waals surface area contributed by atoms with Crippen molar-refractivity contribution in [3.05, 3.63) is 12.0 Å². The molecular weight excluding hydrogens is 195 g/mol. The standard InChI is InChI=1S/C9H13BN2O3/c1-2-15-9-7(10(13)14)8(6-3-4-6)11-5-12-9/h5-6,13-14H,2-4H2,1H3. The molecule has 0 aromatic carbocycles. The predicted molar refractivity (Wildman–Crippen MR) is 55.0 cm³/mol. The topological polar surface area (TPSA) is 75.5 Å². The van der Waals surface area contributed by atoms with Crippen LogP contribution in [0.1, 0.15) is 31.4 Å². The van der Waals surface area contributed by atoms with Crippen LogP contribution in [0.4, 0.5) is 0 Å². The first-order chi connectivity index (χ1) is 7.24. The molecule has 0 amide bonds. The Kier molecular flexibility index (Phi) is 2.88. The Labute approximate surface area is 88.3 Å². The fraction of sp³-hybridized carbons (Fsp3) is 0.556. The third kappa shape index (κ3) is 2.10. The Hall–Kier alpha value is -1.14. The predicted octanol–water partition coefficient (Wildman–Crippen LogP) is -0.568. The van der Waals surface area contributed by atoms with E-state index in [0.717, 1.165) is 12.8 Å². The van der Waals surface area contributed by atoms with E-state index in [1.807, 2.05) is 6.92 Å². The quantitative estimate of drug-likeness (QED) is 0.648. The Bertz CT molecular complexity index is 355. The van der Waals surface area contributed by atoms with Gasteiger partial charge in [0.2, 0.25) is 5.88 Å². The van der Waals surface area contributed by atoms with Crippen LogP contribution in [-0.2, 0) is 0 Å². The summed E-state index contributed by atoms with van der Waals surface area (Å²) in [4.78, 5) is 8.00. The van der Waals surface area contributed by atoms with Gasteiger partial charge in [-0.2, -0.15) is 0 Å². The first-order valence-corrected chi connectivity index (χ1v) is 5.07. The van der Waals surface area contributed by atoms with Crippen molar-refractivity contribution >= 4 is 12.6 Å². The summed E-state index contributed by atoms with van der Waals surface area (Å²) >= 11 is 0. The van der Waals surface area contributed by atoms with Crippen molar-refractivity contribution in [1.29, 1.82) is 0 Å². The summed E-state index contributed by atoms with van der Waals surface area (Å²) in [7, 11) is -1.57. The van der Waals surface area contributed by atoms with E-state index in [-0.39, 0.29) is 5.88 Å². The number of rotatable bonds is 4. The van der Waals surface area contributed by atoms with Crippen LogP contribution in [0.15, 0.2) is 6.33 Å². The lowest BCUT2D eigenvalue weighted by Gasteiger charge is -2.11. The summed E-state index contributed by atoms with van der Waals surface area (Å²) in [6.07, 6.45) is 3.50. The van der Waals surface area contributed by atoms with Gasteiger partial charge in [-0.3, -0.25) is 0 Å². The molecule has 0 radical (unpaired) electrons. The molecule has 1 saturated carbocycles. The zero-order valence-corrected chi connectivity index (χ0v) is 8.55. The molecule has 0 bridgehead atoms. The van der Waals surface area contributed by atoms with E-state index in [1.54, 1.807) is 0 Å². The number of hydrogen-bond acceptors (Lipinski definition) is 5. The van der Waals surface area contributed by atoms with Crippen molar-refractivity contribution in [3.8, 4) is 5.88 Å². The molecule has 15 heavy (non-hydrogen) atoms. The average molecular weight is 208 g/mol. The highest BCUT2D eigenvalue weighted by Crippen LogP contribution is 2.38. The van der Waals surface area contributed by atoms with Gasteiger partial charge in [0.15, 0.2) is 0 Å². The monoisotopic (exact) mass is 208 g/mol. The van der Waals surface area contributed by atoms with E-state index in [1.165, 1.54) is 6.33 Å². The zero-order valence-electron chi connectivity index (χ0n) is 8.55. The van der Waals surface area contributed by atoms with Crippen molar-refractivity contribution in [1.82, 2.24) is 9.97 Å². The first kappa shape index (κ1) is 10.4. The summed E-state index contributed by atoms with van der Waals surface area (Å²) in [5, 5.41) is 18.6. The molecule has 1 heterocycles. The summed E-state index contributed by atoms with van der Waals surface area (Å²) in [6, 6.07) is 0. The fourth-order valence-corrected chi connectivity index (χ4v) is 1.57.